The molecule has 0 aliphatic carbocycles. The highest BCUT2D eigenvalue weighted by atomic mass is 32.1. The van der Waals surface area contributed by atoms with Gasteiger partial charge in [0, 0.05) is 37.0 Å². The second-order valence-electron chi connectivity index (χ2n) is 6.00. The first-order chi connectivity index (χ1) is 11.1. The van der Waals surface area contributed by atoms with E-state index in [-0.39, 0.29) is 17.7 Å². The van der Waals surface area contributed by atoms with Gasteiger partial charge in [-0.05, 0) is 31.4 Å². The third kappa shape index (κ3) is 4.28. The van der Waals surface area contributed by atoms with Gasteiger partial charge in [-0.2, -0.15) is 0 Å². The lowest BCUT2D eigenvalue weighted by Crippen LogP contribution is -2.39. The minimum absolute atomic E-state index is 0.00688. The Labute approximate surface area is 144 Å². The number of amides is 2. The van der Waals surface area contributed by atoms with Gasteiger partial charge in [0.05, 0.1) is 5.56 Å². The zero-order valence-corrected chi connectivity index (χ0v) is 14.9. The zero-order valence-electron chi connectivity index (χ0n) is 14.0. The van der Waals surface area contributed by atoms with E-state index >= 15 is 0 Å². The number of hydrogen-bond donors (Lipinski definition) is 1. The highest BCUT2D eigenvalue weighted by Gasteiger charge is 2.26. The van der Waals surface area contributed by atoms with E-state index in [2.05, 4.69) is 26.5 Å². The smallest absolute Gasteiger partial charge is 0.255 e. The summed E-state index contributed by atoms with van der Waals surface area (Å²) >= 11 is 4.37. The van der Waals surface area contributed by atoms with Crippen LogP contribution >= 0.6 is 12.6 Å². The summed E-state index contributed by atoms with van der Waals surface area (Å²) in [5.41, 5.74) is 0.635. The quantitative estimate of drug-likeness (QED) is 0.860. The summed E-state index contributed by atoms with van der Waals surface area (Å²) in [7, 11) is 0. The zero-order chi connectivity index (χ0) is 16.8. The van der Waals surface area contributed by atoms with E-state index < -0.39 is 0 Å². The van der Waals surface area contributed by atoms with Crippen LogP contribution in [0.25, 0.3) is 0 Å². The largest absolute Gasteiger partial charge is 0.341 e. The maximum absolute atomic E-state index is 12.7. The summed E-state index contributed by atoms with van der Waals surface area (Å²) in [6.45, 7) is 6.75. The maximum Gasteiger partial charge on any atom is 0.255 e. The lowest BCUT2D eigenvalue weighted by atomic mass is 10.0. The van der Waals surface area contributed by atoms with Crippen LogP contribution in [0.5, 0.6) is 0 Å². The van der Waals surface area contributed by atoms with Crippen LogP contribution in [0.3, 0.4) is 0 Å². The fourth-order valence-electron chi connectivity index (χ4n) is 3.06. The first-order valence-electron chi connectivity index (χ1n) is 8.44. The minimum Gasteiger partial charge on any atom is -0.341 e. The van der Waals surface area contributed by atoms with Crippen LogP contribution < -0.4 is 0 Å². The molecule has 0 saturated carbocycles. The molecule has 4 nitrogen and oxygen atoms in total. The molecule has 0 bridgehead atoms. The van der Waals surface area contributed by atoms with Gasteiger partial charge in [0.1, 0.15) is 0 Å². The topological polar surface area (TPSA) is 40.6 Å². The molecule has 0 aromatic heterocycles. The molecule has 1 aliphatic heterocycles. The molecule has 1 aromatic rings. The highest BCUT2D eigenvalue weighted by Crippen LogP contribution is 2.18. The first-order valence-corrected chi connectivity index (χ1v) is 8.89. The number of carbonyl (C=O) groups excluding carboxylic acids is 2. The standard InChI is InChI=1S/C18H26N2O2S/c1-3-14(4-2)17(21)19-10-7-11-20(13-12-19)18(22)15-8-5-6-9-16(15)23/h5-6,8-9,14,23H,3-4,7,10-13H2,1-2H3. The normalized spacial score (nSPS) is 15.7. The SMILES string of the molecule is CCC(CC)C(=O)N1CCCN(C(=O)c2ccccc2S)CC1. The molecule has 1 heterocycles. The summed E-state index contributed by atoms with van der Waals surface area (Å²) in [4.78, 5) is 29.7. The Morgan fingerprint density at radius 3 is 2.30 bits per heavy atom. The summed E-state index contributed by atoms with van der Waals surface area (Å²) in [6, 6.07) is 7.37. The Bertz CT molecular complexity index is 558. The van der Waals surface area contributed by atoms with E-state index in [0.29, 0.717) is 30.1 Å². The molecule has 5 heteroatoms. The van der Waals surface area contributed by atoms with E-state index in [4.69, 9.17) is 0 Å². The third-order valence-corrected chi connectivity index (χ3v) is 4.95. The number of thiol groups is 1. The number of carbonyl (C=O) groups is 2. The number of nitrogens with zero attached hydrogens (tertiary/aromatic N) is 2. The predicted molar refractivity (Wildman–Crippen MR) is 94.9 cm³/mol. The Kier molecular flexibility index (Phi) is 6.51. The van der Waals surface area contributed by atoms with Gasteiger partial charge < -0.3 is 9.80 Å². The van der Waals surface area contributed by atoms with Gasteiger partial charge in [0.15, 0.2) is 0 Å². The van der Waals surface area contributed by atoms with Gasteiger partial charge in [-0.25, -0.2) is 0 Å². The van der Waals surface area contributed by atoms with E-state index in [9.17, 15) is 9.59 Å². The molecule has 0 radical (unpaired) electrons. The third-order valence-electron chi connectivity index (χ3n) is 4.56. The van der Waals surface area contributed by atoms with Gasteiger partial charge >= 0.3 is 0 Å². The van der Waals surface area contributed by atoms with Crippen molar-refractivity contribution < 1.29 is 9.59 Å². The van der Waals surface area contributed by atoms with Crippen LogP contribution in [-0.4, -0.2) is 47.8 Å². The molecule has 0 atom stereocenters. The van der Waals surface area contributed by atoms with Crippen molar-refractivity contribution in [2.75, 3.05) is 26.2 Å². The average Bonchev–Trinajstić information content (AvgIpc) is 2.81. The van der Waals surface area contributed by atoms with E-state index in [1.165, 1.54) is 0 Å². The van der Waals surface area contributed by atoms with Crippen molar-refractivity contribution in [1.82, 2.24) is 9.80 Å². The first kappa shape index (κ1) is 17.9. The van der Waals surface area contributed by atoms with Crippen molar-refractivity contribution in [1.29, 1.82) is 0 Å². The Morgan fingerprint density at radius 2 is 1.65 bits per heavy atom. The molecular formula is C18H26N2O2S. The molecule has 0 spiro atoms. The van der Waals surface area contributed by atoms with E-state index in [0.717, 1.165) is 25.8 Å². The molecular weight excluding hydrogens is 308 g/mol. The van der Waals surface area contributed by atoms with Crippen molar-refractivity contribution in [3.05, 3.63) is 29.8 Å². The van der Waals surface area contributed by atoms with Crippen LogP contribution in [0.1, 0.15) is 43.5 Å². The second-order valence-corrected chi connectivity index (χ2v) is 6.48. The second kappa shape index (κ2) is 8.39. The molecule has 2 amide bonds. The van der Waals surface area contributed by atoms with Crippen LogP contribution in [0.4, 0.5) is 0 Å². The van der Waals surface area contributed by atoms with Gasteiger partial charge in [-0.3, -0.25) is 9.59 Å². The fraction of sp³-hybridized carbons (Fsp3) is 0.556. The molecule has 1 fully saturated rings. The molecule has 1 saturated heterocycles. The van der Waals surface area contributed by atoms with Crippen molar-refractivity contribution in [3.63, 3.8) is 0 Å². The molecule has 0 N–H and O–H groups in total. The monoisotopic (exact) mass is 334 g/mol. The summed E-state index contributed by atoms with van der Waals surface area (Å²) in [5.74, 6) is 0.349. The Hall–Kier alpha value is -1.49. The van der Waals surface area contributed by atoms with Crippen LogP contribution in [0, 0.1) is 5.92 Å². The molecule has 23 heavy (non-hydrogen) atoms. The number of benzene rings is 1. The minimum atomic E-state index is 0.00688. The van der Waals surface area contributed by atoms with Crippen LogP contribution in [0.2, 0.25) is 0 Å². The Morgan fingerprint density at radius 1 is 1.04 bits per heavy atom. The van der Waals surface area contributed by atoms with Gasteiger partial charge in [0.25, 0.3) is 5.91 Å². The van der Waals surface area contributed by atoms with E-state index in [1.807, 2.05) is 34.1 Å². The van der Waals surface area contributed by atoms with Crippen molar-refractivity contribution in [2.24, 2.45) is 5.92 Å². The summed E-state index contributed by atoms with van der Waals surface area (Å²) in [6.07, 6.45) is 2.58. The summed E-state index contributed by atoms with van der Waals surface area (Å²) < 4.78 is 0. The van der Waals surface area contributed by atoms with Gasteiger partial charge in [-0.1, -0.05) is 26.0 Å². The van der Waals surface area contributed by atoms with Gasteiger partial charge in [0.2, 0.25) is 5.91 Å². The van der Waals surface area contributed by atoms with Gasteiger partial charge in [-0.15, -0.1) is 12.6 Å². The van der Waals surface area contributed by atoms with E-state index in [1.54, 1.807) is 0 Å². The number of rotatable bonds is 4. The lowest BCUT2D eigenvalue weighted by Gasteiger charge is -2.25. The van der Waals surface area contributed by atoms with Crippen molar-refractivity contribution >= 4 is 24.4 Å². The average molecular weight is 334 g/mol. The maximum atomic E-state index is 12.7. The predicted octanol–water partition coefficient (Wildman–Crippen LogP) is 3.09. The molecule has 1 aromatic carbocycles. The van der Waals surface area contributed by atoms with Crippen molar-refractivity contribution in [3.8, 4) is 0 Å². The highest BCUT2D eigenvalue weighted by molar-refractivity contribution is 7.80. The number of hydrogen-bond acceptors (Lipinski definition) is 3. The van der Waals surface area contributed by atoms with Crippen LogP contribution in [0.15, 0.2) is 29.2 Å². The van der Waals surface area contributed by atoms with Crippen LogP contribution in [-0.2, 0) is 4.79 Å². The molecule has 2 rings (SSSR count). The fourth-order valence-corrected chi connectivity index (χ4v) is 3.32. The van der Waals surface area contributed by atoms with Crippen molar-refractivity contribution in [2.45, 2.75) is 38.0 Å². The molecule has 0 unspecified atom stereocenters. The molecule has 1 aliphatic rings. The molecule has 126 valence electrons. The summed E-state index contributed by atoms with van der Waals surface area (Å²) in [5, 5.41) is 0. The Balaban J connectivity index is 2.02. The lowest BCUT2D eigenvalue weighted by molar-refractivity contribution is -0.135.